The first-order valence-corrected chi connectivity index (χ1v) is 8.55. The third-order valence-corrected chi connectivity index (χ3v) is 3.72. The quantitative estimate of drug-likeness (QED) is 0.623. The average molecular weight is 373 g/mol. The molecular formula is C20H23NO6. The number of aliphatic hydroxyl groups is 1. The molecule has 27 heavy (non-hydrogen) atoms. The van der Waals surface area contributed by atoms with Gasteiger partial charge in [0.15, 0.2) is 12.7 Å². The van der Waals surface area contributed by atoms with Gasteiger partial charge in [-0.1, -0.05) is 23.8 Å². The first kappa shape index (κ1) is 20.3. The number of carbonyl (C=O) groups is 2. The van der Waals surface area contributed by atoms with Gasteiger partial charge in [0.25, 0.3) is 5.91 Å². The SMILES string of the molecule is CCOc1ccc(CC(O)C(=O)O)cc1NC(=O)COc1ccc(C)cc1. The van der Waals surface area contributed by atoms with Crippen molar-refractivity contribution >= 4 is 17.6 Å². The number of carbonyl (C=O) groups excluding carboxylic acids is 1. The summed E-state index contributed by atoms with van der Waals surface area (Å²) >= 11 is 0. The molecular weight excluding hydrogens is 350 g/mol. The van der Waals surface area contributed by atoms with Crippen molar-refractivity contribution in [3.05, 3.63) is 53.6 Å². The minimum atomic E-state index is -1.52. The zero-order valence-corrected chi connectivity index (χ0v) is 15.3. The summed E-state index contributed by atoms with van der Waals surface area (Å²) in [5.74, 6) is -0.651. The molecule has 2 aromatic carbocycles. The van der Waals surface area contributed by atoms with Gasteiger partial charge in [-0.2, -0.15) is 0 Å². The van der Waals surface area contributed by atoms with Gasteiger partial charge in [-0.15, -0.1) is 0 Å². The van der Waals surface area contributed by atoms with E-state index in [0.29, 0.717) is 29.4 Å². The molecule has 0 aliphatic heterocycles. The number of aliphatic hydroxyl groups excluding tert-OH is 1. The van der Waals surface area contributed by atoms with E-state index in [-0.39, 0.29) is 18.9 Å². The van der Waals surface area contributed by atoms with Crippen LogP contribution < -0.4 is 14.8 Å². The van der Waals surface area contributed by atoms with Crippen LogP contribution in [0.2, 0.25) is 0 Å². The molecule has 7 nitrogen and oxygen atoms in total. The summed E-state index contributed by atoms with van der Waals surface area (Å²) in [4.78, 5) is 23.0. The molecule has 0 aliphatic rings. The van der Waals surface area contributed by atoms with E-state index in [2.05, 4.69) is 5.32 Å². The molecule has 1 amide bonds. The molecule has 0 radical (unpaired) electrons. The highest BCUT2D eigenvalue weighted by molar-refractivity contribution is 5.93. The number of hydrogen-bond donors (Lipinski definition) is 3. The zero-order chi connectivity index (χ0) is 19.8. The summed E-state index contributed by atoms with van der Waals surface area (Å²) < 4.78 is 10.9. The van der Waals surface area contributed by atoms with Gasteiger partial charge >= 0.3 is 5.97 Å². The van der Waals surface area contributed by atoms with Crippen molar-refractivity contribution < 1.29 is 29.3 Å². The molecule has 0 heterocycles. The Morgan fingerprint density at radius 1 is 1.11 bits per heavy atom. The number of hydrogen-bond acceptors (Lipinski definition) is 5. The van der Waals surface area contributed by atoms with Crippen LogP contribution in [0.1, 0.15) is 18.1 Å². The Morgan fingerprint density at radius 3 is 2.44 bits per heavy atom. The predicted molar refractivity (Wildman–Crippen MR) is 100 cm³/mol. The van der Waals surface area contributed by atoms with Crippen LogP contribution in [0.3, 0.4) is 0 Å². The normalized spacial score (nSPS) is 11.5. The lowest BCUT2D eigenvalue weighted by Crippen LogP contribution is -2.23. The topological polar surface area (TPSA) is 105 Å². The van der Waals surface area contributed by atoms with E-state index in [1.807, 2.05) is 26.0 Å². The van der Waals surface area contributed by atoms with Gasteiger partial charge < -0.3 is 25.0 Å². The van der Waals surface area contributed by atoms with Crippen molar-refractivity contribution in [2.45, 2.75) is 26.4 Å². The monoisotopic (exact) mass is 373 g/mol. The number of rotatable bonds is 9. The highest BCUT2D eigenvalue weighted by Crippen LogP contribution is 2.26. The molecule has 3 N–H and O–H groups in total. The van der Waals surface area contributed by atoms with Gasteiger partial charge in [0.05, 0.1) is 12.3 Å². The third kappa shape index (κ3) is 6.31. The number of aliphatic carboxylic acids is 1. The van der Waals surface area contributed by atoms with Gasteiger partial charge in [0, 0.05) is 6.42 Å². The highest BCUT2D eigenvalue weighted by atomic mass is 16.5. The van der Waals surface area contributed by atoms with Gasteiger partial charge in [-0.25, -0.2) is 4.79 Å². The molecule has 1 atom stereocenters. The van der Waals surface area contributed by atoms with E-state index >= 15 is 0 Å². The number of benzene rings is 2. The molecule has 0 fully saturated rings. The first-order valence-electron chi connectivity index (χ1n) is 8.55. The maximum absolute atomic E-state index is 12.2. The summed E-state index contributed by atoms with van der Waals surface area (Å²) in [5.41, 5.74) is 2.04. The second kappa shape index (κ2) is 9.59. The summed E-state index contributed by atoms with van der Waals surface area (Å²) in [6.07, 6.45) is -1.60. The van der Waals surface area contributed by atoms with Crippen molar-refractivity contribution in [3.63, 3.8) is 0 Å². The summed E-state index contributed by atoms with van der Waals surface area (Å²) in [6, 6.07) is 12.2. The second-order valence-electron chi connectivity index (χ2n) is 5.97. The molecule has 0 saturated carbocycles. The van der Waals surface area contributed by atoms with Gasteiger partial charge in [0.2, 0.25) is 0 Å². The molecule has 0 bridgehead atoms. The zero-order valence-electron chi connectivity index (χ0n) is 15.3. The molecule has 2 aromatic rings. The van der Waals surface area contributed by atoms with E-state index < -0.39 is 12.1 Å². The minimum absolute atomic E-state index is 0.0789. The first-order chi connectivity index (χ1) is 12.9. The van der Waals surface area contributed by atoms with Crippen LogP contribution in [0.25, 0.3) is 0 Å². The fourth-order valence-corrected chi connectivity index (χ4v) is 2.36. The Hall–Kier alpha value is -3.06. The standard InChI is InChI=1S/C20H23NO6/c1-3-26-18-9-6-14(11-17(22)20(24)25)10-16(18)21-19(23)12-27-15-7-4-13(2)5-8-15/h4-10,17,22H,3,11-12H2,1-2H3,(H,21,23)(H,24,25). The van der Waals surface area contributed by atoms with E-state index in [1.165, 1.54) is 0 Å². The van der Waals surface area contributed by atoms with Crippen LogP contribution in [0.4, 0.5) is 5.69 Å². The van der Waals surface area contributed by atoms with Crippen LogP contribution in [0.5, 0.6) is 11.5 Å². The maximum atomic E-state index is 12.2. The van der Waals surface area contributed by atoms with Gasteiger partial charge in [-0.3, -0.25) is 4.79 Å². The Kier molecular flexibility index (Phi) is 7.19. The summed E-state index contributed by atoms with van der Waals surface area (Å²) in [6.45, 7) is 3.99. The number of ether oxygens (including phenoxy) is 2. The average Bonchev–Trinajstić information content (AvgIpc) is 2.63. The van der Waals surface area contributed by atoms with Crippen LogP contribution in [0.15, 0.2) is 42.5 Å². The Balaban J connectivity index is 2.05. The summed E-state index contributed by atoms with van der Waals surface area (Å²) in [5, 5.41) is 21.1. The van der Waals surface area contributed by atoms with E-state index in [9.17, 15) is 14.7 Å². The molecule has 144 valence electrons. The van der Waals surface area contributed by atoms with Crippen molar-refractivity contribution in [2.24, 2.45) is 0 Å². The van der Waals surface area contributed by atoms with Gasteiger partial charge in [0.1, 0.15) is 11.5 Å². The van der Waals surface area contributed by atoms with Crippen LogP contribution in [-0.2, 0) is 16.0 Å². The molecule has 0 saturated heterocycles. The molecule has 0 spiro atoms. The molecule has 0 aliphatic carbocycles. The van der Waals surface area contributed by atoms with Crippen molar-refractivity contribution in [1.29, 1.82) is 0 Å². The lowest BCUT2D eigenvalue weighted by molar-refractivity contribution is -0.146. The van der Waals surface area contributed by atoms with E-state index in [4.69, 9.17) is 14.6 Å². The molecule has 0 aromatic heterocycles. The number of carboxylic acid groups (broad SMARTS) is 1. The van der Waals surface area contributed by atoms with Crippen LogP contribution in [0, 0.1) is 6.92 Å². The second-order valence-corrected chi connectivity index (χ2v) is 5.97. The maximum Gasteiger partial charge on any atom is 0.332 e. The minimum Gasteiger partial charge on any atom is -0.492 e. The smallest absolute Gasteiger partial charge is 0.332 e. The molecule has 7 heteroatoms. The van der Waals surface area contributed by atoms with Gasteiger partial charge in [-0.05, 0) is 43.7 Å². The fraction of sp³-hybridized carbons (Fsp3) is 0.300. The molecule has 2 rings (SSSR count). The number of aryl methyl sites for hydroxylation is 1. The number of amides is 1. The van der Waals surface area contributed by atoms with E-state index in [0.717, 1.165) is 5.56 Å². The number of carboxylic acids is 1. The van der Waals surface area contributed by atoms with E-state index in [1.54, 1.807) is 30.3 Å². The predicted octanol–water partition coefficient (Wildman–Crippen LogP) is 2.40. The lowest BCUT2D eigenvalue weighted by Gasteiger charge is -2.14. The highest BCUT2D eigenvalue weighted by Gasteiger charge is 2.16. The fourth-order valence-electron chi connectivity index (χ4n) is 2.36. The number of nitrogens with one attached hydrogen (secondary N) is 1. The van der Waals surface area contributed by atoms with Crippen LogP contribution >= 0.6 is 0 Å². The van der Waals surface area contributed by atoms with Crippen LogP contribution in [-0.4, -0.2) is 41.4 Å². The van der Waals surface area contributed by atoms with Crippen molar-refractivity contribution in [2.75, 3.05) is 18.5 Å². The Morgan fingerprint density at radius 2 is 1.81 bits per heavy atom. The summed E-state index contributed by atoms with van der Waals surface area (Å²) in [7, 11) is 0. The Bertz CT molecular complexity index is 788. The third-order valence-electron chi connectivity index (χ3n) is 3.72. The molecule has 1 unspecified atom stereocenters. The largest absolute Gasteiger partial charge is 0.492 e. The van der Waals surface area contributed by atoms with Crippen molar-refractivity contribution in [3.8, 4) is 11.5 Å². The number of anilines is 1. The Labute approximate surface area is 157 Å². The lowest BCUT2D eigenvalue weighted by atomic mass is 10.1. The van der Waals surface area contributed by atoms with Crippen molar-refractivity contribution in [1.82, 2.24) is 0 Å².